The van der Waals surface area contributed by atoms with Gasteiger partial charge in [-0.25, -0.2) is 0 Å². The number of hydrogen-bond acceptors (Lipinski definition) is 3. The molecule has 2 unspecified atom stereocenters. The summed E-state index contributed by atoms with van der Waals surface area (Å²) in [6, 6.07) is 8.11. The zero-order valence-electron chi connectivity index (χ0n) is 12.5. The fourth-order valence-corrected chi connectivity index (χ4v) is 3.53. The minimum Gasteiger partial charge on any atom is -0.296 e. The van der Waals surface area contributed by atoms with Gasteiger partial charge in [-0.2, -0.15) is 0 Å². The maximum Gasteiger partial charge on any atom is 0.0641 e. The lowest BCUT2D eigenvalue weighted by atomic mass is 9.82. The molecule has 1 fully saturated rings. The molecule has 20 heavy (non-hydrogen) atoms. The smallest absolute Gasteiger partial charge is 0.0641 e. The van der Waals surface area contributed by atoms with Crippen LogP contribution < -0.4 is 11.3 Å². The van der Waals surface area contributed by atoms with Crippen LogP contribution in [0.2, 0.25) is 5.02 Å². The third kappa shape index (κ3) is 3.17. The summed E-state index contributed by atoms with van der Waals surface area (Å²) in [6.45, 7) is 6.86. The number of nitrogens with zero attached hydrogens (tertiary/aromatic N) is 1. The van der Waals surface area contributed by atoms with Crippen molar-refractivity contribution in [3.8, 4) is 0 Å². The van der Waals surface area contributed by atoms with Gasteiger partial charge < -0.3 is 0 Å². The second-order valence-electron chi connectivity index (χ2n) is 5.91. The Balaban J connectivity index is 2.30. The molecule has 0 spiro atoms. The maximum atomic E-state index is 6.14. The predicted octanol–water partition coefficient (Wildman–Crippen LogP) is 3.50. The molecule has 1 aromatic rings. The van der Waals surface area contributed by atoms with Gasteiger partial charge in [0, 0.05) is 10.6 Å². The summed E-state index contributed by atoms with van der Waals surface area (Å²) in [4.78, 5) is 2.59. The van der Waals surface area contributed by atoms with Gasteiger partial charge in [0.05, 0.1) is 6.04 Å². The number of nitrogens with one attached hydrogen (secondary N) is 1. The summed E-state index contributed by atoms with van der Waals surface area (Å²) >= 11 is 6.14. The molecule has 2 atom stereocenters. The predicted molar refractivity (Wildman–Crippen MR) is 85.6 cm³/mol. The van der Waals surface area contributed by atoms with E-state index in [1.54, 1.807) is 0 Å². The van der Waals surface area contributed by atoms with Crippen molar-refractivity contribution in [2.24, 2.45) is 5.84 Å². The summed E-state index contributed by atoms with van der Waals surface area (Å²) in [6.07, 6.45) is 4.95. The average Bonchev–Trinajstić information content (AvgIpc) is 2.48. The number of rotatable bonds is 5. The third-order valence-electron chi connectivity index (χ3n) is 4.76. The number of likely N-dealkylation sites (tertiary alicyclic amines) is 1. The number of halogens is 1. The van der Waals surface area contributed by atoms with Crippen molar-refractivity contribution >= 4 is 11.6 Å². The van der Waals surface area contributed by atoms with Crippen LogP contribution in [0.4, 0.5) is 0 Å². The van der Waals surface area contributed by atoms with Crippen molar-refractivity contribution in [3.05, 3.63) is 34.9 Å². The summed E-state index contributed by atoms with van der Waals surface area (Å²) < 4.78 is 0. The van der Waals surface area contributed by atoms with Crippen molar-refractivity contribution < 1.29 is 0 Å². The first-order valence-electron chi connectivity index (χ1n) is 7.58. The Morgan fingerprint density at radius 1 is 1.35 bits per heavy atom. The number of hydrogen-bond donors (Lipinski definition) is 2. The van der Waals surface area contributed by atoms with Crippen molar-refractivity contribution in [2.75, 3.05) is 13.1 Å². The Labute approximate surface area is 127 Å². The highest BCUT2D eigenvalue weighted by Gasteiger charge is 2.39. The molecule has 2 rings (SSSR count). The van der Waals surface area contributed by atoms with Crippen LogP contribution in [-0.2, 0) is 0 Å². The number of benzene rings is 1. The van der Waals surface area contributed by atoms with E-state index in [2.05, 4.69) is 30.2 Å². The highest BCUT2D eigenvalue weighted by Crippen LogP contribution is 2.36. The van der Waals surface area contributed by atoms with Crippen LogP contribution in [0.5, 0.6) is 0 Å². The molecule has 1 aromatic carbocycles. The second kappa shape index (κ2) is 6.90. The Kier molecular flexibility index (Phi) is 5.44. The molecule has 0 radical (unpaired) electrons. The van der Waals surface area contributed by atoms with E-state index in [1.165, 1.54) is 19.3 Å². The Morgan fingerprint density at radius 3 is 2.60 bits per heavy atom. The third-order valence-corrected chi connectivity index (χ3v) is 5.00. The molecular weight excluding hydrogens is 270 g/mol. The Bertz CT molecular complexity index is 431. The Hall–Kier alpha value is -0.610. The van der Waals surface area contributed by atoms with Crippen LogP contribution in [0.25, 0.3) is 0 Å². The fraction of sp³-hybridized carbons (Fsp3) is 0.625. The van der Waals surface area contributed by atoms with Crippen LogP contribution in [-0.4, -0.2) is 23.5 Å². The molecule has 0 aliphatic carbocycles. The number of piperidine rings is 1. The topological polar surface area (TPSA) is 41.3 Å². The quantitative estimate of drug-likeness (QED) is 0.645. The molecule has 3 nitrogen and oxygen atoms in total. The molecule has 4 heteroatoms. The standard InChI is InChI=1S/C16H26ClN3/c1-3-16(2,20-10-5-4-6-11-20)15(19-18)13-8-7-9-14(17)12-13/h7-9,12,15,19H,3-6,10-11,18H2,1-2H3. The van der Waals surface area contributed by atoms with Crippen LogP contribution in [0, 0.1) is 0 Å². The molecule has 0 saturated carbocycles. The van der Waals surface area contributed by atoms with E-state index in [4.69, 9.17) is 17.4 Å². The molecule has 0 aromatic heterocycles. The van der Waals surface area contributed by atoms with E-state index in [0.717, 1.165) is 30.1 Å². The van der Waals surface area contributed by atoms with Gasteiger partial charge in [0.25, 0.3) is 0 Å². The zero-order valence-corrected chi connectivity index (χ0v) is 13.3. The van der Waals surface area contributed by atoms with Gasteiger partial charge >= 0.3 is 0 Å². The van der Waals surface area contributed by atoms with Gasteiger partial charge in [0.15, 0.2) is 0 Å². The van der Waals surface area contributed by atoms with E-state index >= 15 is 0 Å². The van der Waals surface area contributed by atoms with Gasteiger partial charge in [-0.05, 0) is 57.0 Å². The number of hydrazine groups is 1. The first-order chi connectivity index (χ1) is 9.61. The molecule has 0 amide bonds. The summed E-state index contributed by atoms with van der Waals surface area (Å²) in [5, 5.41) is 0.764. The molecular formula is C16H26ClN3. The van der Waals surface area contributed by atoms with Crippen molar-refractivity contribution in [1.82, 2.24) is 10.3 Å². The first kappa shape index (κ1) is 15.8. The molecule has 3 N–H and O–H groups in total. The highest BCUT2D eigenvalue weighted by molar-refractivity contribution is 6.30. The lowest BCUT2D eigenvalue weighted by molar-refractivity contribution is 0.0424. The monoisotopic (exact) mass is 295 g/mol. The van der Waals surface area contributed by atoms with E-state index in [-0.39, 0.29) is 11.6 Å². The summed E-state index contributed by atoms with van der Waals surface area (Å²) in [5.74, 6) is 5.90. The van der Waals surface area contributed by atoms with Gasteiger partial charge in [-0.15, -0.1) is 0 Å². The minimum absolute atomic E-state index is 0.0137. The van der Waals surface area contributed by atoms with Gasteiger partial charge in [0.1, 0.15) is 0 Å². The molecule has 0 bridgehead atoms. The van der Waals surface area contributed by atoms with E-state index in [9.17, 15) is 0 Å². The van der Waals surface area contributed by atoms with E-state index in [1.807, 2.05) is 18.2 Å². The van der Waals surface area contributed by atoms with Crippen LogP contribution in [0.15, 0.2) is 24.3 Å². The highest BCUT2D eigenvalue weighted by atomic mass is 35.5. The van der Waals surface area contributed by atoms with E-state index < -0.39 is 0 Å². The van der Waals surface area contributed by atoms with Gasteiger partial charge in [-0.1, -0.05) is 37.1 Å². The average molecular weight is 296 g/mol. The normalized spacial score (nSPS) is 21.4. The molecule has 1 heterocycles. The van der Waals surface area contributed by atoms with Crippen LogP contribution in [0.3, 0.4) is 0 Å². The second-order valence-corrected chi connectivity index (χ2v) is 6.35. The van der Waals surface area contributed by atoms with Crippen LogP contribution in [0.1, 0.15) is 51.1 Å². The van der Waals surface area contributed by atoms with Crippen molar-refractivity contribution in [1.29, 1.82) is 0 Å². The first-order valence-corrected chi connectivity index (χ1v) is 7.96. The summed E-state index contributed by atoms with van der Waals surface area (Å²) in [7, 11) is 0. The summed E-state index contributed by atoms with van der Waals surface area (Å²) in [5.41, 5.74) is 4.21. The molecule has 112 valence electrons. The van der Waals surface area contributed by atoms with Crippen LogP contribution >= 0.6 is 11.6 Å². The van der Waals surface area contributed by atoms with Crippen molar-refractivity contribution in [3.63, 3.8) is 0 Å². The SMILES string of the molecule is CCC(C)(C(NN)c1cccc(Cl)c1)N1CCCCC1. The molecule has 1 aliphatic rings. The van der Waals surface area contributed by atoms with E-state index in [0.29, 0.717) is 0 Å². The van der Waals surface area contributed by atoms with Gasteiger partial charge in [-0.3, -0.25) is 16.2 Å². The zero-order chi connectivity index (χ0) is 14.6. The maximum absolute atomic E-state index is 6.14. The lowest BCUT2D eigenvalue weighted by Gasteiger charge is -2.48. The molecule has 1 saturated heterocycles. The number of nitrogens with two attached hydrogens (primary N) is 1. The lowest BCUT2D eigenvalue weighted by Crippen LogP contribution is -2.57. The minimum atomic E-state index is 0.0137. The van der Waals surface area contributed by atoms with Gasteiger partial charge in [0.2, 0.25) is 0 Å². The van der Waals surface area contributed by atoms with Crippen molar-refractivity contribution in [2.45, 2.75) is 51.1 Å². The fourth-order valence-electron chi connectivity index (χ4n) is 3.34. The molecule has 1 aliphatic heterocycles. The largest absolute Gasteiger partial charge is 0.296 e. The Morgan fingerprint density at radius 2 is 2.05 bits per heavy atom.